The molecule has 0 fully saturated rings. The van der Waals surface area contributed by atoms with E-state index in [9.17, 15) is 4.79 Å². The summed E-state index contributed by atoms with van der Waals surface area (Å²) in [5, 5.41) is 4.58. The van der Waals surface area contributed by atoms with E-state index in [-0.39, 0.29) is 12.0 Å². The lowest BCUT2D eigenvalue weighted by Crippen LogP contribution is -2.10. The molecule has 3 rings (SSSR count). The molecule has 0 spiro atoms. The summed E-state index contributed by atoms with van der Waals surface area (Å²) in [6.07, 6.45) is 2.14. The zero-order chi connectivity index (χ0) is 21.0. The number of rotatable bonds is 8. The van der Waals surface area contributed by atoms with E-state index < -0.39 is 0 Å². The molecular weight excluding hydrogens is 358 g/mol. The maximum Gasteiger partial charge on any atom is 0.138 e. The Morgan fingerprint density at radius 3 is 2.55 bits per heavy atom. The van der Waals surface area contributed by atoms with Crippen molar-refractivity contribution in [3.8, 4) is 0 Å². The monoisotopic (exact) mass is 389 g/mol. The molecule has 4 heteroatoms. The Labute approximate surface area is 173 Å². The first-order valence-electron chi connectivity index (χ1n) is 10.5. The summed E-state index contributed by atoms with van der Waals surface area (Å²) >= 11 is 0. The third-order valence-electron chi connectivity index (χ3n) is 5.36. The first-order chi connectivity index (χ1) is 13.9. The molecule has 1 N–H and O–H groups in total. The van der Waals surface area contributed by atoms with Gasteiger partial charge < -0.3 is 5.32 Å². The number of fused-ring (bicyclic) bond motifs is 1. The zero-order valence-corrected chi connectivity index (χ0v) is 18.1. The number of aryl methyl sites for hydroxylation is 2. The number of hydrogen-bond donors (Lipinski definition) is 1. The summed E-state index contributed by atoms with van der Waals surface area (Å²) in [7, 11) is 0. The van der Waals surface area contributed by atoms with Crippen LogP contribution in [-0.4, -0.2) is 15.8 Å². The molecule has 0 amide bonds. The third-order valence-corrected chi connectivity index (χ3v) is 5.36. The summed E-state index contributed by atoms with van der Waals surface area (Å²) in [5.74, 6) is 2.10. The molecular formula is C25H31N3O. The minimum Gasteiger partial charge on any atom is -0.363 e. The van der Waals surface area contributed by atoms with Crippen LogP contribution in [0.2, 0.25) is 0 Å². The molecule has 4 nitrogen and oxygen atoms in total. The average Bonchev–Trinajstić information content (AvgIpc) is 2.67. The van der Waals surface area contributed by atoms with E-state index in [1.54, 1.807) is 0 Å². The van der Waals surface area contributed by atoms with E-state index in [4.69, 9.17) is 4.98 Å². The van der Waals surface area contributed by atoms with Crippen molar-refractivity contribution in [2.24, 2.45) is 0 Å². The SMILES string of the molecule is CCCC(=O)CC(C)c1ccc2nc(C)nc(N[C@H](C)c3cccc(C)c3)c2c1. The van der Waals surface area contributed by atoms with Crippen molar-refractivity contribution < 1.29 is 4.79 Å². The molecule has 1 aromatic heterocycles. The van der Waals surface area contributed by atoms with E-state index in [2.05, 4.69) is 67.5 Å². The van der Waals surface area contributed by atoms with Crippen LogP contribution in [0.5, 0.6) is 0 Å². The van der Waals surface area contributed by atoms with E-state index in [0.29, 0.717) is 18.6 Å². The van der Waals surface area contributed by atoms with Crippen molar-refractivity contribution in [3.63, 3.8) is 0 Å². The van der Waals surface area contributed by atoms with Gasteiger partial charge in [-0.1, -0.05) is 49.7 Å². The number of nitrogens with zero attached hydrogens (tertiary/aromatic N) is 2. The van der Waals surface area contributed by atoms with Gasteiger partial charge >= 0.3 is 0 Å². The molecule has 2 aromatic carbocycles. The number of aromatic nitrogens is 2. The van der Waals surface area contributed by atoms with Gasteiger partial charge in [-0.15, -0.1) is 0 Å². The Kier molecular flexibility index (Phi) is 6.63. The second-order valence-corrected chi connectivity index (χ2v) is 8.07. The first-order valence-corrected chi connectivity index (χ1v) is 10.5. The number of nitrogens with one attached hydrogen (secondary N) is 1. The Balaban J connectivity index is 1.92. The molecule has 152 valence electrons. The molecule has 0 aliphatic rings. The number of benzene rings is 2. The summed E-state index contributed by atoms with van der Waals surface area (Å²) in [5.41, 5.74) is 4.55. The number of hydrogen-bond acceptors (Lipinski definition) is 4. The Hall–Kier alpha value is -2.75. The van der Waals surface area contributed by atoms with E-state index in [1.807, 2.05) is 19.9 Å². The largest absolute Gasteiger partial charge is 0.363 e. The molecule has 0 saturated heterocycles. The molecule has 1 heterocycles. The topological polar surface area (TPSA) is 54.9 Å². The molecule has 0 saturated carbocycles. The van der Waals surface area contributed by atoms with Crippen molar-refractivity contribution in [1.82, 2.24) is 9.97 Å². The first kappa shape index (κ1) is 21.0. The smallest absolute Gasteiger partial charge is 0.138 e. The van der Waals surface area contributed by atoms with Crippen molar-refractivity contribution in [2.75, 3.05) is 5.32 Å². The minimum atomic E-state index is 0.125. The fourth-order valence-corrected chi connectivity index (χ4v) is 3.75. The molecule has 0 bridgehead atoms. The van der Waals surface area contributed by atoms with Gasteiger partial charge in [0.1, 0.15) is 17.4 Å². The maximum absolute atomic E-state index is 12.1. The van der Waals surface area contributed by atoms with Crippen LogP contribution in [0.15, 0.2) is 42.5 Å². The predicted molar refractivity (Wildman–Crippen MR) is 120 cm³/mol. The lowest BCUT2D eigenvalue weighted by molar-refractivity contribution is -0.119. The second kappa shape index (κ2) is 9.17. The van der Waals surface area contributed by atoms with Crippen LogP contribution in [0.1, 0.15) is 74.5 Å². The Morgan fingerprint density at radius 1 is 1.03 bits per heavy atom. The van der Waals surface area contributed by atoms with Crippen LogP contribution >= 0.6 is 0 Å². The fourth-order valence-electron chi connectivity index (χ4n) is 3.75. The number of carbonyl (C=O) groups is 1. The minimum absolute atomic E-state index is 0.125. The van der Waals surface area contributed by atoms with Crippen molar-refractivity contribution in [3.05, 3.63) is 65.0 Å². The van der Waals surface area contributed by atoms with Crippen LogP contribution in [-0.2, 0) is 4.79 Å². The molecule has 0 aliphatic carbocycles. The second-order valence-electron chi connectivity index (χ2n) is 8.07. The number of anilines is 1. The highest BCUT2D eigenvalue weighted by Gasteiger charge is 2.15. The van der Waals surface area contributed by atoms with Gasteiger partial charge in [0.2, 0.25) is 0 Å². The van der Waals surface area contributed by atoms with E-state index in [1.165, 1.54) is 11.1 Å². The van der Waals surface area contributed by atoms with Gasteiger partial charge in [0.25, 0.3) is 0 Å². The van der Waals surface area contributed by atoms with Crippen LogP contribution in [0.25, 0.3) is 10.9 Å². The van der Waals surface area contributed by atoms with Gasteiger partial charge in [-0.3, -0.25) is 4.79 Å². The molecule has 1 unspecified atom stereocenters. The summed E-state index contributed by atoms with van der Waals surface area (Å²) in [6, 6.07) is 14.9. The third kappa shape index (κ3) is 5.20. The van der Waals surface area contributed by atoms with Gasteiger partial charge in [-0.2, -0.15) is 0 Å². The molecule has 29 heavy (non-hydrogen) atoms. The Morgan fingerprint density at radius 2 is 1.83 bits per heavy atom. The van der Waals surface area contributed by atoms with Crippen molar-refractivity contribution >= 4 is 22.5 Å². The highest BCUT2D eigenvalue weighted by molar-refractivity contribution is 5.90. The number of Topliss-reactive ketones (excluding diaryl/α,β-unsaturated/α-hetero) is 1. The average molecular weight is 390 g/mol. The summed E-state index contributed by atoms with van der Waals surface area (Å²) in [6.45, 7) is 10.3. The number of carbonyl (C=O) groups excluding carboxylic acids is 1. The lowest BCUT2D eigenvalue weighted by Gasteiger charge is -2.18. The molecule has 0 radical (unpaired) electrons. The number of ketones is 1. The Bertz CT molecular complexity index is 1010. The van der Waals surface area contributed by atoms with E-state index >= 15 is 0 Å². The van der Waals surface area contributed by atoms with Gasteiger partial charge in [0.15, 0.2) is 0 Å². The lowest BCUT2D eigenvalue weighted by atomic mass is 9.93. The molecule has 3 aromatic rings. The van der Waals surface area contributed by atoms with Gasteiger partial charge in [-0.25, -0.2) is 9.97 Å². The van der Waals surface area contributed by atoms with Crippen LogP contribution in [0.3, 0.4) is 0 Å². The maximum atomic E-state index is 12.1. The van der Waals surface area contributed by atoms with Gasteiger partial charge in [0.05, 0.1) is 5.52 Å². The standard InChI is InChI=1S/C25H31N3O/c1-6-8-22(29)14-17(3)20-11-12-24-23(15-20)25(28-19(5)27-24)26-18(4)21-10-7-9-16(2)13-21/h7,9-13,15,17-18H,6,8,14H2,1-5H3,(H,26,27,28)/t17?,18-/m1/s1. The zero-order valence-electron chi connectivity index (χ0n) is 18.1. The van der Waals surface area contributed by atoms with Crippen LogP contribution in [0.4, 0.5) is 5.82 Å². The normalized spacial score (nSPS) is 13.3. The van der Waals surface area contributed by atoms with Crippen LogP contribution in [0, 0.1) is 13.8 Å². The summed E-state index contributed by atoms with van der Waals surface area (Å²) in [4.78, 5) is 21.4. The summed E-state index contributed by atoms with van der Waals surface area (Å²) < 4.78 is 0. The van der Waals surface area contributed by atoms with Crippen molar-refractivity contribution in [1.29, 1.82) is 0 Å². The molecule has 0 aliphatic heterocycles. The van der Waals surface area contributed by atoms with Gasteiger partial charge in [-0.05, 0) is 56.4 Å². The molecule has 2 atom stereocenters. The highest BCUT2D eigenvalue weighted by Crippen LogP contribution is 2.29. The quantitative estimate of drug-likeness (QED) is 0.492. The highest BCUT2D eigenvalue weighted by atomic mass is 16.1. The van der Waals surface area contributed by atoms with E-state index in [0.717, 1.165) is 34.5 Å². The van der Waals surface area contributed by atoms with Crippen molar-refractivity contribution in [2.45, 2.75) is 65.8 Å². The van der Waals surface area contributed by atoms with Gasteiger partial charge in [0, 0.05) is 24.3 Å². The fraction of sp³-hybridized carbons (Fsp3) is 0.400. The predicted octanol–water partition coefficient (Wildman–Crippen LogP) is 6.28. The van der Waals surface area contributed by atoms with Crippen LogP contribution < -0.4 is 5.32 Å².